The lowest BCUT2D eigenvalue weighted by molar-refractivity contribution is -0.131. The SMILES string of the molecule is Cc1cc(F)c([C@@H]2CN(Cc3cccnc3)C(=O)[C@H]2C)c(F)c1. The number of nitrogens with zero attached hydrogens (tertiary/aromatic N) is 2. The topological polar surface area (TPSA) is 33.2 Å². The maximum atomic E-state index is 14.2. The van der Waals surface area contributed by atoms with Crippen molar-refractivity contribution in [1.82, 2.24) is 9.88 Å². The van der Waals surface area contributed by atoms with Crippen molar-refractivity contribution in [3.05, 3.63) is 65.0 Å². The van der Waals surface area contributed by atoms with Gasteiger partial charge in [-0.2, -0.15) is 0 Å². The first kappa shape index (κ1) is 15.6. The summed E-state index contributed by atoms with van der Waals surface area (Å²) in [5.74, 6) is -2.15. The molecule has 0 radical (unpaired) electrons. The molecule has 0 saturated carbocycles. The minimum atomic E-state index is -0.574. The number of amides is 1. The van der Waals surface area contributed by atoms with Crippen LogP contribution < -0.4 is 0 Å². The predicted molar refractivity (Wildman–Crippen MR) is 82.7 cm³/mol. The van der Waals surface area contributed by atoms with E-state index in [0.717, 1.165) is 5.56 Å². The molecule has 3 rings (SSSR count). The number of pyridine rings is 1. The molecule has 1 aliphatic rings. The molecule has 1 amide bonds. The highest BCUT2D eigenvalue weighted by Gasteiger charge is 2.40. The first-order valence-corrected chi connectivity index (χ1v) is 7.60. The summed E-state index contributed by atoms with van der Waals surface area (Å²) >= 11 is 0. The second-order valence-electron chi connectivity index (χ2n) is 6.12. The Balaban J connectivity index is 1.87. The summed E-state index contributed by atoms with van der Waals surface area (Å²) in [5.41, 5.74) is 1.46. The molecule has 120 valence electrons. The van der Waals surface area contributed by atoms with Crippen LogP contribution in [0.5, 0.6) is 0 Å². The van der Waals surface area contributed by atoms with Gasteiger partial charge in [0.25, 0.3) is 0 Å². The van der Waals surface area contributed by atoms with Crippen LogP contribution in [0.3, 0.4) is 0 Å². The monoisotopic (exact) mass is 316 g/mol. The number of halogens is 2. The molecule has 23 heavy (non-hydrogen) atoms. The van der Waals surface area contributed by atoms with E-state index < -0.39 is 23.5 Å². The lowest BCUT2D eigenvalue weighted by atomic mass is 9.88. The molecule has 1 saturated heterocycles. The van der Waals surface area contributed by atoms with Crippen LogP contribution in [0.15, 0.2) is 36.7 Å². The highest BCUT2D eigenvalue weighted by Crippen LogP contribution is 2.37. The highest BCUT2D eigenvalue weighted by atomic mass is 19.1. The molecule has 1 aromatic heterocycles. The Hall–Kier alpha value is -2.30. The van der Waals surface area contributed by atoms with Crippen molar-refractivity contribution in [2.24, 2.45) is 5.92 Å². The molecular weight excluding hydrogens is 298 g/mol. The van der Waals surface area contributed by atoms with Gasteiger partial charge in [0, 0.05) is 42.9 Å². The average Bonchev–Trinajstić information content (AvgIpc) is 2.76. The molecular formula is C18H18F2N2O. The van der Waals surface area contributed by atoms with Gasteiger partial charge in [0.1, 0.15) is 11.6 Å². The van der Waals surface area contributed by atoms with Crippen molar-refractivity contribution in [1.29, 1.82) is 0 Å². The van der Waals surface area contributed by atoms with Crippen LogP contribution in [-0.4, -0.2) is 22.3 Å². The second-order valence-corrected chi connectivity index (χ2v) is 6.12. The van der Waals surface area contributed by atoms with Gasteiger partial charge in [-0.05, 0) is 36.2 Å². The van der Waals surface area contributed by atoms with Gasteiger partial charge in [0.05, 0.1) is 0 Å². The third kappa shape index (κ3) is 2.96. The summed E-state index contributed by atoms with van der Waals surface area (Å²) in [6, 6.07) is 6.32. The zero-order chi connectivity index (χ0) is 16.6. The fourth-order valence-electron chi connectivity index (χ4n) is 3.21. The summed E-state index contributed by atoms with van der Waals surface area (Å²) < 4.78 is 28.5. The molecule has 5 heteroatoms. The van der Waals surface area contributed by atoms with Gasteiger partial charge >= 0.3 is 0 Å². The van der Waals surface area contributed by atoms with Gasteiger partial charge in [-0.15, -0.1) is 0 Å². The number of aryl methyl sites for hydroxylation is 1. The van der Waals surface area contributed by atoms with E-state index in [-0.39, 0.29) is 11.5 Å². The van der Waals surface area contributed by atoms with Crippen LogP contribution in [0.25, 0.3) is 0 Å². The molecule has 2 heterocycles. The van der Waals surface area contributed by atoms with Crippen molar-refractivity contribution < 1.29 is 13.6 Å². The van der Waals surface area contributed by atoms with Crippen molar-refractivity contribution in [2.75, 3.05) is 6.54 Å². The maximum Gasteiger partial charge on any atom is 0.226 e. The van der Waals surface area contributed by atoms with Crippen LogP contribution in [0.2, 0.25) is 0 Å². The van der Waals surface area contributed by atoms with Crippen molar-refractivity contribution in [2.45, 2.75) is 26.3 Å². The minimum absolute atomic E-state index is 0.0186. The van der Waals surface area contributed by atoms with Gasteiger partial charge < -0.3 is 4.90 Å². The van der Waals surface area contributed by atoms with Crippen LogP contribution >= 0.6 is 0 Å². The van der Waals surface area contributed by atoms with E-state index in [2.05, 4.69) is 4.98 Å². The van der Waals surface area contributed by atoms with Crippen LogP contribution in [0, 0.1) is 24.5 Å². The van der Waals surface area contributed by atoms with Crippen molar-refractivity contribution >= 4 is 5.91 Å². The minimum Gasteiger partial charge on any atom is -0.337 e. The Labute approximate surface area is 134 Å². The lowest BCUT2D eigenvalue weighted by Gasteiger charge is -2.17. The van der Waals surface area contributed by atoms with Gasteiger partial charge in [0.2, 0.25) is 5.91 Å². The summed E-state index contributed by atoms with van der Waals surface area (Å²) in [5, 5.41) is 0. The number of hydrogen-bond acceptors (Lipinski definition) is 2. The van der Waals surface area contributed by atoms with E-state index in [1.165, 1.54) is 12.1 Å². The number of carbonyl (C=O) groups excluding carboxylic acids is 1. The van der Waals surface area contributed by atoms with Crippen LogP contribution in [0.1, 0.15) is 29.5 Å². The quantitative estimate of drug-likeness (QED) is 0.869. The number of benzene rings is 1. The second kappa shape index (κ2) is 6.07. The summed E-state index contributed by atoms with van der Waals surface area (Å²) in [7, 11) is 0. The molecule has 0 bridgehead atoms. The number of aromatic nitrogens is 1. The van der Waals surface area contributed by atoms with E-state index in [0.29, 0.717) is 18.7 Å². The van der Waals surface area contributed by atoms with Crippen LogP contribution in [0.4, 0.5) is 8.78 Å². The molecule has 1 aromatic carbocycles. The number of likely N-dealkylation sites (tertiary alicyclic amines) is 1. The number of hydrogen-bond donors (Lipinski definition) is 0. The van der Waals surface area contributed by atoms with Gasteiger partial charge in [-0.3, -0.25) is 9.78 Å². The molecule has 2 aromatic rings. The lowest BCUT2D eigenvalue weighted by Crippen LogP contribution is -2.26. The first-order valence-electron chi connectivity index (χ1n) is 7.60. The summed E-state index contributed by atoms with van der Waals surface area (Å²) in [4.78, 5) is 18.1. The smallest absolute Gasteiger partial charge is 0.226 e. The fraction of sp³-hybridized carbons (Fsp3) is 0.333. The Bertz CT molecular complexity index is 710. The van der Waals surface area contributed by atoms with Crippen molar-refractivity contribution in [3.63, 3.8) is 0 Å². The largest absolute Gasteiger partial charge is 0.337 e. The Morgan fingerprint density at radius 2 is 2.00 bits per heavy atom. The van der Waals surface area contributed by atoms with Gasteiger partial charge in [-0.1, -0.05) is 13.0 Å². The van der Waals surface area contributed by atoms with Gasteiger partial charge in [-0.25, -0.2) is 8.78 Å². The molecule has 1 fully saturated rings. The van der Waals surface area contributed by atoms with Crippen LogP contribution in [-0.2, 0) is 11.3 Å². The fourth-order valence-corrected chi connectivity index (χ4v) is 3.21. The molecule has 0 aliphatic carbocycles. The molecule has 0 unspecified atom stereocenters. The van der Waals surface area contributed by atoms with Gasteiger partial charge in [0.15, 0.2) is 0 Å². The highest BCUT2D eigenvalue weighted by molar-refractivity contribution is 5.82. The van der Waals surface area contributed by atoms with E-state index in [1.807, 2.05) is 6.07 Å². The summed E-state index contributed by atoms with van der Waals surface area (Å²) in [6.07, 6.45) is 3.36. The molecule has 0 spiro atoms. The molecule has 0 N–H and O–H groups in total. The average molecular weight is 316 g/mol. The third-order valence-corrected chi connectivity index (χ3v) is 4.41. The molecule has 2 atom stereocenters. The maximum absolute atomic E-state index is 14.2. The Kier molecular flexibility index (Phi) is 4.11. The first-order chi connectivity index (χ1) is 11.0. The zero-order valence-electron chi connectivity index (χ0n) is 13.1. The van der Waals surface area contributed by atoms with E-state index >= 15 is 0 Å². The van der Waals surface area contributed by atoms with Crippen molar-refractivity contribution in [3.8, 4) is 0 Å². The Morgan fingerprint density at radius 3 is 2.61 bits per heavy atom. The predicted octanol–water partition coefficient (Wildman–Crippen LogP) is 3.43. The number of rotatable bonds is 3. The van der Waals surface area contributed by atoms with E-state index in [9.17, 15) is 13.6 Å². The molecule has 3 nitrogen and oxygen atoms in total. The number of carbonyl (C=O) groups is 1. The normalized spacial score (nSPS) is 21.0. The third-order valence-electron chi connectivity index (χ3n) is 4.41. The van der Waals surface area contributed by atoms with E-state index in [4.69, 9.17) is 0 Å². The standard InChI is InChI=1S/C18H18F2N2O/c1-11-6-15(19)17(16(20)7-11)14-10-22(18(23)12(14)2)9-13-4-3-5-21-8-13/h3-8,12,14H,9-10H2,1-2H3/t12-,14+/m0/s1. The van der Waals surface area contributed by atoms with E-state index in [1.54, 1.807) is 37.2 Å². The Morgan fingerprint density at radius 1 is 1.30 bits per heavy atom. The molecule has 1 aliphatic heterocycles. The summed E-state index contributed by atoms with van der Waals surface area (Å²) in [6.45, 7) is 4.09. The zero-order valence-corrected chi connectivity index (χ0v) is 13.1.